The van der Waals surface area contributed by atoms with Gasteiger partial charge in [0.2, 0.25) is 5.95 Å². The van der Waals surface area contributed by atoms with Crippen LogP contribution in [0.4, 0.5) is 5.95 Å². The van der Waals surface area contributed by atoms with Gasteiger partial charge < -0.3 is 10.2 Å². The van der Waals surface area contributed by atoms with Crippen LogP contribution < -0.4 is 15.8 Å². The number of nitrogens with one attached hydrogen (secondary N) is 1. The van der Waals surface area contributed by atoms with Gasteiger partial charge in [-0.3, -0.25) is 13.9 Å². The van der Waals surface area contributed by atoms with Gasteiger partial charge in [0.25, 0.3) is 5.56 Å². The largest absolute Gasteiger partial charge is 0.340 e. The highest BCUT2D eigenvalue weighted by molar-refractivity contribution is 7.97. The second kappa shape index (κ2) is 9.03. The van der Waals surface area contributed by atoms with Gasteiger partial charge in [0.05, 0.1) is 12.3 Å². The first kappa shape index (κ1) is 20.0. The molecule has 152 valence electrons. The molecule has 3 aromatic rings. The van der Waals surface area contributed by atoms with E-state index in [-0.39, 0.29) is 5.56 Å². The van der Waals surface area contributed by atoms with Crippen molar-refractivity contribution in [1.82, 2.24) is 24.4 Å². The highest BCUT2D eigenvalue weighted by Gasteiger charge is 2.22. The Morgan fingerprint density at radius 2 is 2.10 bits per heavy atom. The van der Waals surface area contributed by atoms with Crippen LogP contribution in [-0.4, -0.2) is 45.3 Å². The Morgan fingerprint density at radius 1 is 1.28 bits per heavy atom. The molecule has 1 fully saturated rings. The summed E-state index contributed by atoms with van der Waals surface area (Å²) in [6, 6.07) is 4.19. The van der Waals surface area contributed by atoms with Gasteiger partial charge in [0.15, 0.2) is 11.2 Å². The second-order valence-corrected chi connectivity index (χ2v) is 8.82. The summed E-state index contributed by atoms with van der Waals surface area (Å²) in [7, 11) is 1.79. The summed E-state index contributed by atoms with van der Waals surface area (Å²) in [5.74, 6) is 9.14. The van der Waals surface area contributed by atoms with Gasteiger partial charge in [-0.15, -0.1) is 29.0 Å². The minimum absolute atomic E-state index is 0.0616. The Morgan fingerprint density at radius 3 is 2.83 bits per heavy atom. The number of anilines is 1. The van der Waals surface area contributed by atoms with Crippen LogP contribution in [0, 0.1) is 11.8 Å². The predicted molar refractivity (Wildman–Crippen MR) is 121 cm³/mol. The van der Waals surface area contributed by atoms with Gasteiger partial charge in [-0.1, -0.05) is 12.0 Å². The molecule has 0 atom stereocenters. The zero-order valence-electron chi connectivity index (χ0n) is 16.6. The van der Waals surface area contributed by atoms with E-state index in [0.29, 0.717) is 23.5 Å². The van der Waals surface area contributed by atoms with E-state index in [1.54, 1.807) is 34.7 Å². The Kier molecular flexibility index (Phi) is 6.23. The minimum Gasteiger partial charge on any atom is -0.340 e. The lowest BCUT2D eigenvalue weighted by molar-refractivity contribution is 0.573. The molecule has 9 heteroatoms. The molecule has 1 saturated heterocycles. The van der Waals surface area contributed by atoms with Crippen molar-refractivity contribution in [3.8, 4) is 11.8 Å². The topological polar surface area (TPSA) is 68.0 Å². The number of imidazole rings is 1. The molecule has 0 aliphatic carbocycles. The molecule has 7 nitrogen and oxygen atoms in total. The molecule has 0 amide bonds. The number of fused-ring (bicyclic) bond motifs is 1. The van der Waals surface area contributed by atoms with Crippen molar-refractivity contribution in [2.24, 2.45) is 7.05 Å². The van der Waals surface area contributed by atoms with E-state index in [9.17, 15) is 4.79 Å². The number of thiophene rings is 1. The van der Waals surface area contributed by atoms with Crippen LogP contribution in [-0.2, 0) is 25.1 Å². The molecule has 1 N–H and O–H groups in total. The lowest BCUT2D eigenvalue weighted by atomic mass is 10.4. The molecule has 0 saturated carbocycles. The fraction of sp³-hybridized carbons (Fsp3) is 0.450. The standard InChI is InChI=1S/C20H24N6OS2/c1-3-4-9-26-17-18(23-20(26)25-10-7-21-8-11-25)22-16(24(2)19(17)27)14-28-13-15-6-5-12-29-15/h5-6,12,21H,7-11,13-14H2,1-2H3. The van der Waals surface area contributed by atoms with E-state index >= 15 is 0 Å². The van der Waals surface area contributed by atoms with E-state index in [4.69, 9.17) is 9.97 Å². The number of hydrogen-bond donors (Lipinski definition) is 1. The fourth-order valence-electron chi connectivity index (χ4n) is 3.37. The van der Waals surface area contributed by atoms with Crippen molar-refractivity contribution in [2.75, 3.05) is 31.1 Å². The number of rotatable bonds is 6. The van der Waals surface area contributed by atoms with Crippen LogP contribution in [0.1, 0.15) is 17.6 Å². The van der Waals surface area contributed by atoms with Crippen LogP contribution in [0.2, 0.25) is 0 Å². The Labute approximate surface area is 178 Å². The lowest BCUT2D eigenvalue weighted by Gasteiger charge is -2.28. The molecule has 4 rings (SSSR count). The highest BCUT2D eigenvalue weighted by atomic mass is 32.2. The average Bonchev–Trinajstić information content (AvgIpc) is 3.38. The summed E-state index contributed by atoms with van der Waals surface area (Å²) in [6.45, 7) is 5.76. The van der Waals surface area contributed by atoms with E-state index in [2.05, 4.69) is 39.6 Å². The Bertz CT molecular complexity index is 1100. The molecule has 0 radical (unpaired) electrons. The van der Waals surface area contributed by atoms with E-state index < -0.39 is 0 Å². The first-order valence-electron chi connectivity index (χ1n) is 9.60. The summed E-state index contributed by atoms with van der Waals surface area (Å²) in [6.07, 6.45) is 0. The van der Waals surface area contributed by atoms with Gasteiger partial charge in [-0.25, -0.2) is 4.98 Å². The third-order valence-corrected chi connectivity index (χ3v) is 6.96. The fourth-order valence-corrected chi connectivity index (χ4v) is 5.22. The SMILES string of the molecule is CC#CCn1c(N2CCNCC2)nc2nc(CSCc3cccs3)n(C)c(=O)c21. The quantitative estimate of drug-likeness (QED) is 0.606. The molecule has 1 aliphatic heterocycles. The molecule has 29 heavy (non-hydrogen) atoms. The molecular formula is C20H24N6OS2. The second-order valence-electron chi connectivity index (χ2n) is 6.80. The first-order chi connectivity index (χ1) is 14.2. The van der Waals surface area contributed by atoms with Gasteiger partial charge in [0.1, 0.15) is 5.82 Å². The van der Waals surface area contributed by atoms with Crippen LogP contribution in [0.15, 0.2) is 22.3 Å². The third-order valence-electron chi connectivity index (χ3n) is 4.93. The first-order valence-corrected chi connectivity index (χ1v) is 11.6. The van der Waals surface area contributed by atoms with Gasteiger partial charge in [-0.05, 0) is 18.4 Å². The van der Waals surface area contributed by atoms with Crippen molar-refractivity contribution in [3.63, 3.8) is 0 Å². The van der Waals surface area contributed by atoms with Crippen molar-refractivity contribution < 1.29 is 0 Å². The Balaban J connectivity index is 1.70. The molecule has 0 spiro atoms. The normalized spacial score (nSPS) is 14.2. The molecule has 0 unspecified atom stereocenters. The summed E-state index contributed by atoms with van der Waals surface area (Å²) < 4.78 is 3.58. The number of aromatic nitrogens is 4. The zero-order valence-corrected chi connectivity index (χ0v) is 18.3. The van der Waals surface area contributed by atoms with E-state index in [0.717, 1.165) is 43.7 Å². The van der Waals surface area contributed by atoms with E-state index in [1.807, 2.05) is 11.5 Å². The number of thioether (sulfide) groups is 1. The molecule has 3 aromatic heterocycles. The molecule has 1 aliphatic rings. The van der Waals surface area contributed by atoms with Crippen LogP contribution in [0.5, 0.6) is 0 Å². The molecular weight excluding hydrogens is 404 g/mol. The van der Waals surface area contributed by atoms with Gasteiger partial charge in [-0.2, -0.15) is 4.98 Å². The molecule has 4 heterocycles. The maximum Gasteiger partial charge on any atom is 0.279 e. The summed E-state index contributed by atoms with van der Waals surface area (Å²) in [4.78, 5) is 26.3. The van der Waals surface area contributed by atoms with Crippen LogP contribution in [0.25, 0.3) is 11.2 Å². The smallest absolute Gasteiger partial charge is 0.279 e. The number of piperazine rings is 1. The molecule has 0 bridgehead atoms. The zero-order chi connectivity index (χ0) is 20.2. The van der Waals surface area contributed by atoms with Crippen LogP contribution >= 0.6 is 23.1 Å². The third kappa shape index (κ3) is 4.20. The predicted octanol–water partition coefficient (Wildman–Crippen LogP) is 2.06. The van der Waals surface area contributed by atoms with Crippen molar-refractivity contribution >= 4 is 40.2 Å². The van der Waals surface area contributed by atoms with Crippen molar-refractivity contribution in [3.05, 3.63) is 38.6 Å². The monoisotopic (exact) mass is 428 g/mol. The summed E-state index contributed by atoms with van der Waals surface area (Å²) in [5.41, 5.74) is 0.996. The number of nitrogens with zero attached hydrogens (tertiary/aromatic N) is 5. The van der Waals surface area contributed by atoms with Gasteiger partial charge >= 0.3 is 0 Å². The summed E-state index contributed by atoms with van der Waals surface area (Å²) in [5, 5.41) is 5.44. The van der Waals surface area contributed by atoms with Crippen molar-refractivity contribution in [2.45, 2.75) is 25.0 Å². The maximum atomic E-state index is 13.2. The van der Waals surface area contributed by atoms with Gasteiger partial charge in [0, 0.05) is 43.9 Å². The molecule has 0 aromatic carbocycles. The maximum absolute atomic E-state index is 13.2. The average molecular weight is 429 g/mol. The minimum atomic E-state index is -0.0616. The van der Waals surface area contributed by atoms with Crippen molar-refractivity contribution in [1.29, 1.82) is 0 Å². The number of hydrogen-bond acceptors (Lipinski definition) is 7. The van der Waals surface area contributed by atoms with E-state index in [1.165, 1.54) is 4.88 Å². The Hall–Kier alpha value is -2.28. The van der Waals surface area contributed by atoms with Crippen LogP contribution in [0.3, 0.4) is 0 Å². The summed E-state index contributed by atoms with van der Waals surface area (Å²) >= 11 is 3.51. The highest BCUT2D eigenvalue weighted by Crippen LogP contribution is 2.23. The lowest BCUT2D eigenvalue weighted by Crippen LogP contribution is -2.44.